The Labute approximate surface area is 402 Å². The van der Waals surface area contributed by atoms with E-state index in [4.69, 9.17) is 11.5 Å². The number of aromatic hydroxyl groups is 1. The predicted octanol–water partition coefficient (Wildman–Crippen LogP) is -1.24. The zero-order chi connectivity index (χ0) is 50.8. The number of nitrogens with one attached hydrogen (secondary N) is 7. The number of aliphatic imine (C=N–C) groups is 1. The van der Waals surface area contributed by atoms with Gasteiger partial charge in [0.25, 0.3) is 0 Å². The number of phenolic OH excluding ortho intramolecular Hbond substituents is 1. The molecule has 9 atom stereocenters. The van der Waals surface area contributed by atoms with Gasteiger partial charge in [0.1, 0.15) is 48.0 Å². The van der Waals surface area contributed by atoms with Gasteiger partial charge in [0.15, 0.2) is 5.96 Å². The molecule has 2 aliphatic heterocycles. The fourth-order valence-electron chi connectivity index (χ4n) is 8.48. The highest BCUT2D eigenvalue weighted by Crippen LogP contribution is 2.23. The van der Waals surface area contributed by atoms with E-state index in [0.29, 0.717) is 43.4 Å². The van der Waals surface area contributed by atoms with E-state index in [9.17, 15) is 48.6 Å². The second-order valence-corrected chi connectivity index (χ2v) is 17.8. The lowest BCUT2D eigenvalue weighted by Gasteiger charge is -2.32. The summed E-state index contributed by atoms with van der Waals surface area (Å²) in [5.41, 5.74) is 12.0. The smallest absolute Gasteiger partial charge is 0.326 e. The molecular formula is C46H71N13O10. The molecule has 0 aliphatic carbocycles. The minimum absolute atomic E-state index is 0.0253. The second kappa shape index (κ2) is 26.7. The molecule has 0 spiro atoms. The van der Waals surface area contributed by atoms with Crippen LogP contribution in [0, 0.1) is 11.8 Å². The summed E-state index contributed by atoms with van der Waals surface area (Å²) < 4.78 is 0. The zero-order valence-electron chi connectivity index (χ0n) is 40.2. The first-order chi connectivity index (χ1) is 32.9. The number of imidazole rings is 1. The number of nitrogens with zero attached hydrogens (tertiary/aromatic N) is 4. The molecule has 0 unspecified atom stereocenters. The molecule has 0 bridgehead atoms. The number of likely N-dealkylation sites (tertiary alicyclic amines) is 2. The molecule has 2 fully saturated rings. The highest BCUT2D eigenvalue weighted by Gasteiger charge is 2.42. The molecule has 0 saturated carbocycles. The predicted molar refractivity (Wildman–Crippen MR) is 254 cm³/mol. The van der Waals surface area contributed by atoms with E-state index in [2.05, 4.69) is 46.9 Å². The molecule has 1 aromatic heterocycles. The third-order valence-corrected chi connectivity index (χ3v) is 12.8. The monoisotopic (exact) mass is 966 g/mol. The van der Waals surface area contributed by atoms with Crippen LogP contribution in [0.4, 0.5) is 0 Å². The average Bonchev–Trinajstić information content (AvgIpc) is 4.14. The molecular weight excluding hydrogens is 895 g/mol. The first kappa shape index (κ1) is 54.8. The van der Waals surface area contributed by atoms with E-state index < -0.39 is 95.5 Å². The lowest BCUT2D eigenvalue weighted by atomic mass is 9.96. The van der Waals surface area contributed by atoms with Crippen molar-refractivity contribution >= 4 is 53.3 Å². The number of phenols is 1. The Kier molecular flexibility index (Phi) is 21.2. The Hall–Kier alpha value is -6.78. The Morgan fingerprint density at radius 2 is 1.38 bits per heavy atom. The number of rotatable bonds is 26. The number of hydrogen-bond acceptors (Lipinski definition) is 12. The average molecular weight is 966 g/mol. The lowest BCUT2D eigenvalue weighted by molar-refractivity contribution is -0.146. The molecule has 2 saturated heterocycles. The summed E-state index contributed by atoms with van der Waals surface area (Å²) in [6.07, 6.45) is 5.62. The Morgan fingerprint density at radius 3 is 1.93 bits per heavy atom. The minimum atomic E-state index is -1.30. The van der Waals surface area contributed by atoms with E-state index in [-0.39, 0.29) is 75.9 Å². The topological polar surface area (TPSA) is 349 Å². The number of aromatic amines is 1. The molecule has 2 aliphatic rings. The molecule has 380 valence electrons. The fourth-order valence-corrected chi connectivity index (χ4v) is 8.48. The van der Waals surface area contributed by atoms with E-state index in [1.807, 2.05) is 13.8 Å². The number of carbonyl (C=O) groups is 8. The van der Waals surface area contributed by atoms with Crippen LogP contribution in [0.1, 0.15) is 90.3 Å². The summed E-state index contributed by atoms with van der Waals surface area (Å²) in [7, 11) is 1.59. The largest absolute Gasteiger partial charge is 0.508 e. The van der Waals surface area contributed by atoms with Crippen molar-refractivity contribution in [2.24, 2.45) is 28.3 Å². The molecule has 69 heavy (non-hydrogen) atoms. The number of amides is 7. The standard InChI is InChI=1S/C46H71N13O10/c1-6-26(3)37(42(65)55-33(22-29-23-50-25-52-29)44(67)59-20-10-13-35(59)41(64)57-38(45(68)69)27(4)7-2)56-39(62)32(21-28-14-16-30(60)17-15-28)54-40(63)34-12-9-19-58(34)43(66)31(53-36(61)24-49-5)11-8-18-51-46(47)48/h14-17,23,25-27,31-35,37-38,49,60H,6-13,18-22,24H2,1-5H3,(H,50,52)(H,53,61)(H,54,63)(H,55,65)(H,56,62)(H,57,64)(H,68,69)(H4,47,48,51)/t26-,27-,31-,32-,33-,34-,35-,37-,38-/m0/s1. The zero-order valence-corrected chi connectivity index (χ0v) is 40.2. The maximum absolute atomic E-state index is 14.5. The van der Waals surface area contributed by atoms with Crippen molar-refractivity contribution in [1.29, 1.82) is 0 Å². The number of likely N-dealkylation sites (N-methyl/N-ethyl adjacent to an activating group) is 1. The fraction of sp³-hybridized carbons (Fsp3) is 0.609. The number of aromatic nitrogens is 2. The molecule has 7 amide bonds. The number of hydrogen-bond donors (Lipinski definition) is 11. The van der Waals surface area contributed by atoms with Crippen molar-refractivity contribution in [2.45, 2.75) is 134 Å². The lowest BCUT2D eigenvalue weighted by Crippen LogP contribution is -2.61. The summed E-state index contributed by atoms with van der Waals surface area (Å²) in [4.78, 5) is 124. The second-order valence-electron chi connectivity index (χ2n) is 17.8. The first-order valence-corrected chi connectivity index (χ1v) is 23.7. The van der Waals surface area contributed by atoms with Gasteiger partial charge < -0.3 is 68.4 Å². The summed E-state index contributed by atoms with van der Waals surface area (Å²) in [5.74, 6) is -6.47. The van der Waals surface area contributed by atoms with Crippen molar-refractivity contribution in [1.82, 2.24) is 51.7 Å². The van der Waals surface area contributed by atoms with Gasteiger partial charge in [0.05, 0.1) is 12.9 Å². The van der Waals surface area contributed by atoms with Gasteiger partial charge in [-0.05, 0) is 75.1 Å². The SMILES string of the molecule is CC[C@H](C)[C@H](NC(=O)[C@@H]1CCCN1C(=O)[C@H](Cc1cnc[nH]1)NC(=O)[C@@H](NC(=O)[C@H](Cc1ccc(O)cc1)NC(=O)[C@@H]1CCCN1C(=O)[C@H](CCCN=C(N)N)NC(=O)CNC)[C@@H](C)CC)C(=O)O. The molecule has 0 radical (unpaired) electrons. The molecule has 2 aromatic rings. The highest BCUT2D eigenvalue weighted by molar-refractivity contribution is 5.98. The number of benzene rings is 1. The van der Waals surface area contributed by atoms with Gasteiger partial charge in [-0.3, -0.25) is 38.6 Å². The third-order valence-electron chi connectivity index (χ3n) is 12.8. The van der Waals surface area contributed by atoms with E-state index in [1.165, 1.54) is 34.5 Å². The van der Waals surface area contributed by atoms with Crippen LogP contribution in [0.15, 0.2) is 41.8 Å². The van der Waals surface area contributed by atoms with Gasteiger partial charge in [-0.1, -0.05) is 52.7 Å². The van der Waals surface area contributed by atoms with Gasteiger partial charge in [-0.2, -0.15) is 0 Å². The van der Waals surface area contributed by atoms with Gasteiger partial charge in [0.2, 0.25) is 41.4 Å². The Morgan fingerprint density at radius 1 is 0.783 bits per heavy atom. The van der Waals surface area contributed by atoms with Crippen LogP contribution in [-0.2, 0) is 51.2 Å². The Bertz CT molecular complexity index is 2100. The van der Waals surface area contributed by atoms with Crippen molar-refractivity contribution in [3.63, 3.8) is 0 Å². The van der Waals surface area contributed by atoms with Crippen LogP contribution in [0.25, 0.3) is 0 Å². The molecule has 1 aromatic carbocycles. The first-order valence-electron chi connectivity index (χ1n) is 23.7. The molecule has 23 heteroatoms. The molecule has 4 rings (SSSR count). The number of guanidine groups is 1. The normalized spacial score (nSPS) is 18.6. The number of carboxylic acids is 1. The van der Waals surface area contributed by atoms with Crippen molar-refractivity contribution in [3.8, 4) is 5.75 Å². The quantitative estimate of drug-likeness (QED) is 0.0299. The number of nitrogens with two attached hydrogens (primary N) is 2. The maximum atomic E-state index is 14.5. The van der Waals surface area contributed by atoms with Crippen LogP contribution in [0.3, 0.4) is 0 Å². The van der Waals surface area contributed by atoms with Crippen LogP contribution >= 0.6 is 0 Å². The van der Waals surface area contributed by atoms with Gasteiger partial charge >= 0.3 is 5.97 Å². The Balaban J connectivity index is 1.59. The van der Waals surface area contributed by atoms with Crippen molar-refractivity contribution in [3.05, 3.63) is 48.0 Å². The summed E-state index contributed by atoms with van der Waals surface area (Å²) in [6.45, 7) is 7.61. The minimum Gasteiger partial charge on any atom is -0.508 e. The van der Waals surface area contributed by atoms with E-state index in [0.717, 1.165) is 0 Å². The van der Waals surface area contributed by atoms with Crippen molar-refractivity contribution < 1.29 is 48.6 Å². The van der Waals surface area contributed by atoms with Gasteiger partial charge in [-0.25, -0.2) is 9.78 Å². The highest BCUT2D eigenvalue weighted by atomic mass is 16.4. The van der Waals surface area contributed by atoms with E-state index >= 15 is 0 Å². The number of aliphatic carboxylic acids is 1. The van der Waals surface area contributed by atoms with Crippen LogP contribution in [0.5, 0.6) is 5.75 Å². The van der Waals surface area contributed by atoms with Crippen LogP contribution < -0.4 is 43.4 Å². The maximum Gasteiger partial charge on any atom is 0.326 e. The molecule has 23 nitrogen and oxygen atoms in total. The molecule has 13 N–H and O–H groups in total. The van der Waals surface area contributed by atoms with E-state index in [1.54, 1.807) is 33.0 Å². The summed E-state index contributed by atoms with van der Waals surface area (Å²) >= 11 is 0. The summed E-state index contributed by atoms with van der Waals surface area (Å²) in [5, 5.41) is 36.4. The van der Waals surface area contributed by atoms with Gasteiger partial charge in [0, 0.05) is 44.4 Å². The van der Waals surface area contributed by atoms with Crippen LogP contribution in [0.2, 0.25) is 0 Å². The summed E-state index contributed by atoms with van der Waals surface area (Å²) in [6, 6.07) is -1.97. The van der Waals surface area contributed by atoms with Crippen molar-refractivity contribution in [2.75, 3.05) is 33.2 Å². The number of carboxylic acid groups (broad SMARTS) is 1. The third kappa shape index (κ3) is 15.9. The number of H-pyrrole nitrogens is 1. The molecule has 3 heterocycles. The van der Waals surface area contributed by atoms with Crippen LogP contribution in [-0.4, -0.2) is 159 Å². The number of carbonyl (C=O) groups excluding carboxylic acids is 7. The van der Waals surface area contributed by atoms with Gasteiger partial charge in [-0.15, -0.1) is 0 Å².